The lowest BCUT2D eigenvalue weighted by Crippen LogP contribution is -2.36. The third kappa shape index (κ3) is 4.24. The zero-order valence-electron chi connectivity index (χ0n) is 12.0. The minimum absolute atomic E-state index is 0.00716. The molecule has 1 aromatic carbocycles. The number of rotatable bonds is 6. The molecule has 0 aromatic heterocycles. The predicted octanol–water partition coefficient (Wildman–Crippen LogP) is 1.65. The molecule has 0 bridgehead atoms. The van der Waals surface area contributed by atoms with Crippen LogP contribution in [0.3, 0.4) is 0 Å². The van der Waals surface area contributed by atoms with Crippen molar-refractivity contribution in [2.24, 2.45) is 11.7 Å². The van der Waals surface area contributed by atoms with Gasteiger partial charge in [-0.25, -0.2) is 0 Å². The van der Waals surface area contributed by atoms with Crippen LogP contribution in [-0.2, 0) is 11.2 Å². The third-order valence-electron chi connectivity index (χ3n) is 3.24. The van der Waals surface area contributed by atoms with E-state index in [1.807, 2.05) is 32.9 Å². The Labute approximate surface area is 115 Å². The molecule has 4 heteroatoms. The summed E-state index contributed by atoms with van der Waals surface area (Å²) >= 11 is 0. The molecule has 0 aliphatic carbocycles. The zero-order valence-corrected chi connectivity index (χ0v) is 12.0. The summed E-state index contributed by atoms with van der Waals surface area (Å²) in [6.07, 6.45) is 1.52. The number of aryl methyl sites for hydroxylation is 2. The van der Waals surface area contributed by atoms with Crippen LogP contribution in [0.1, 0.15) is 30.0 Å². The van der Waals surface area contributed by atoms with Crippen LogP contribution < -0.4 is 11.1 Å². The Morgan fingerprint density at radius 1 is 1.37 bits per heavy atom. The summed E-state index contributed by atoms with van der Waals surface area (Å²) in [4.78, 5) is 11.9. The number of hydrogen-bond acceptors (Lipinski definition) is 3. The van der Waals surface area contributed by atoms with Gasteiger partial charge in [-0.2, -0.15) is 0 Å². The van der Waals surface area contributed by atoms with E-state index in [2.05, 4.69) is 5.32 Å². The lowest BCUT2D eigenvalue weighted by Gasteiger charge is -2.16. The van der Waals surface area contributed by atoms with Crippen molar-refractivity contribution in [2.75, 3.05) is 13.1 Å². The van der Waals surface area contributed by atoms with Crippen LogP contribution in [0.25, 0.3) is 0 Å². The van der Waals surface area contributed by atoms with E-state index in [0.29, 0.717) is 25.3 Å². The third-order valence-corrected chi connectivity index (χ3v) is 3.24. The minimum Gasteiger partial charge on any atom is -0.507 e. The Hall–Kier alpha value is -1.55. The van der Waals surface area contributed by atoms with Crippen LogP contribution in [0.15, 0.2) is 12.1 Å². The summed E-state index contributed by atoms with van der Waals surface area (Å²) in [5, 5.41) is 12.6. The van der Waals surface area contributed by atoms with Crippen LogP contribution in [0.5, 0.6) is 5.75 Å². The Morgan fingerprint density at radius 3 is 2.42 bits per heavy atom. The van der Waals surface area contributed by atoms with Gasteiger partial charge < -0.3 is 16.2 Å². The summed E-state index contributed by atoms with van der Waals surface area (Å²) in [6.45, 7) is 6.75. The van der Waals surface area contributed by atoms with E-state index in [9.17, 15) is 9.90 Å². The van der Waals surface area contributed by atoms with Crippen molar-refractivity contribution in [1.29, 1.82) is 0 Å². The van der Waals surface area contributed by atoms with Gasteiger partial charge in [0.25, 0.3) is 0 Å². The van der Waals surface area contributed by atoms with E-state index in [1.165, 1.54) is 0 Å². The molecule has 0 fully saturated rings. The zero-order chi connectivity index (χ0) is 14.4. The molecule has 106 valence electrons. The summed E-state index contributed by atoms with van der Waals surface area (Å²) in [6, 6.07) is 3.83. The van der Waals surface area contributed by atoms with E-state index >= 15 is 0 Å². The first-order valence-electron chi connectivity index (χ1n) is 6.76. The average molecular weight is 264 g/mol. The summed E-state index contributed by atoms with van der Waals surface area (Å²) in [7, 11) is 0. The van der Waals surface area contributed by atoms with Gasteiger partial charge in [0, 0.05) is 13.1 Å². The summed E-state index contributed by atoms with van der Waals surface area (Å²) in [5.41, 5.74) is 8.39. The van der Waals surface area contributed by atoms with Crippen molar-refractivity contribution < 1.29 is 9.90 Å². The van der Waals surface area contributed by atoms with Crippen LogP contribution in [0.2, 0.25) is 0 Å². The second kappa shape index (κ2) is 7.14. The number of carbonyl (C=O) groups excluding carboxylic acids is 1. The fourth-order valence-corrected chi connectivity index (χ4v) is 2.12. The monoisotopic (exact) mass is 264 g/mol. The van der Waals surface area contributed by atoms with Crippen molar-refractivity contribution >= 4 is 5.91 Å². The highest BCUT2D eigenvalue weighted by Crippen LogP contribution is 2.24. The van der Waals surface area contributed by atoms with Gasteiger partial charge in [0.1, 0.15) is 5.75 Å². The van der Waals surface area contributed by atoms with Crippen LogP contribution in [-0.4, -0.2) is 24.1 Å². The molecular weight excluding hydrogens is 240 g/mol. The molecule has 0 radical (unpaired) electrons. The van der Waals surface area contributed by atoms with Gasteiger partial charge in [-0.05, 0) is 43.4 Å². The molecule has 19 heavy (non-hydrogen) atoms. The second-order valence-electron chi connectivity index (χ2n) is 5.01. The smallest absolute Gasteiger partial charge is 0.224 e. The normalized spacial score (nSPS) is 12.2. The largest absolute Gasteiger partial charge is 0.507 e. The Bertz CT molecular complexity index is 421. The van der Waals surface area contributed by atoms with E-state index < -0.39 is 0 Å². The first-order valence-corrected chi connectivity index (χ1v) is 6.76. The maximum atomic E-state index is 11.9. The quantitative estimate of drug-likeness (QED) is 0.731. The Kier molecular flexibility index (Phi) is 5.83. The molecule has 1 unspecified atom stereocenters. The number of phenolic OH excluding ortho intramolecular Hbond substituents is 1. The highest BCUT2D eigenvalue weighted by molar-refractivity contribution is 5.79. The number of phenols is 1. The number of amides is 1. The van der Waals surface area contributed by atoms with Gasteiger partial charge in [-0.3, -0.25) is 4.79 Å². The van der Waals surface area contributed by atoms with Gasteiger partial charge in [0.15, 0.2) is 0 Å². The van der Waals surface area contributed by atoms with Crippen molar-refractivity contribution in [3.63, 3.8) is 0 Å². The Balaban J connectivity index is 2.78. The number of nitrogens with two attached hydrogens (primary N) is 1. The molecule has 0 aliphatic heterocycles. The SMILES string of the molecule is CCCNC(=O)C(CN)Cc1cc(C)c(O)c(C)c1. The molecule has 1 amide bonds. The lowest BCUT2D eigenvalue weighted by molar-refractivity contribution is -0.124. The molecule has 1 rings (SSSR count). The standard InChI is InChI=1S/C15H24N2O2/c1-4-5-17-15(19)13(9-16)8-12-6-10(2)14(18)11(3)7-12/h6-7,13,18H,4-5,8-9,16H2,1-3H3,(H,17,19). The van der Waals surface area contributed by atoms with Gasteiger partial charge in [-0.15, -0.1) is 0 Å². The molecule has 0 aliphatic rings. The number of aromatic hydroxyl groups is 1. The molecular formula is C15H24N2O2. The summed E-state index contributed by atoms with van der Waals surface area (Å²) < 4.78 is 0. The van der Waals surface area contributed by atoms with Crippen LogP contribution in [0, 0.1) is 19.8 Å². The van der Waals surface area contributed by atoms with E-state index in [1.54, 1.807) is 0 Å². The highest BCUT2D eigenvalue weighted by atomic mass is 16.3. The maximum Gasteiger partial charge on any atom is 0.224 e. The molecule has 0 saturated carbocycles. The van der Waals surface area contributed by atoms with Gasteiger partial charge in [-0.1, -0.05) is 19.1 Å². The number of carbonyl (C=O) groups is 1. The van der Waals surface area contributed by atoms with Crippen molar-refractivity contribution in [3.8, 4) is 5.75 Å². The van der Waals surface area contributed by atoms with Gasteiger partial charge in [0.05, 0.1) is 5.92 Å². The molecule has 1 atom stereocenters. The van der Waals surface area contributed by atoms with Crippen LogP contribution in [0.4, 0.5) is 0 Å². The minimum atomic E-state index is -0.213. The topological polar surface area (TPSA) is 75.4 Å². The van der Waals surface area contributed by atoms with E-state index in [0.717, 1.165) is 23.1 Å². The van der Waals surface area contributed by atoms with E-state index in [-0.39, 0.29) is 11.8 Å². The highest BCUT2D eigenvalue weighted by Gasteiger charge is 2.17. The van der Waals surface area contributed by atoms with Crippen molar-refractivity contribution in [1.82, 2.24) is 5.32 Å². The summed E-state index contributed by atoms with van der Waals surface area (Å²) in [5.74, 6) is 0.117. The fourth-order valence-electron chi connectivity index (χ4n) is 2.12. The number of hydrogen-bond donors (Lipinski definition) is 3. The molecule has 0 spiro atoms. The number of nitrogens with one attached hydrogen (secondary N) is 1. The average Bonchev–Trinajstić information content (AvgIpc) is 2.39. The molecule has 4 nitrogen and oxygen atoms in total. The molecule has 0 saturated heterocycles. The first kappa shape index (κ1) is 15.5. The van der Waals surface area contributed by atoms with Crippen molar-refractivity contribution in [3.05, 3.63) is 28.8 Å². The maximum absolute atomic E-state index is 11.9. The van der Waals surface area contributed by atoms with Crippen molar-refractivity contribution in [2.45, 2.75) is 33.6 Å². The lowest BCUT2D eigenvalue weighted by atomic mass is 9.95. The first-order chi connectivity index (χ1) is 8.99. The van der Waals surface area contributed by atoms with Gasteiger partial charge in [0.2, 0.25) is 5.91 Å². The molecule has 4 N–H and O–H groups in total. The van der Waals surface area contributed by atoms with E-state index in [4.69, 9.17) is 5.73 Å². The Morgan fingerprint density at radius 2 is 1.95 bits per heavy atom. The molecule has 1 aromatic rings. The molecule has 0 heterocycles. The van der Waals surface area contributed by atoms with Gasteiger partial charge >= 0.3 is 0 Å². The number of benzene rings is 1. The fraction of sp³-hybridized carbons (Fsp3) is 0.533. The van der Waals surface area contributed by atoms with Crippen LogP contribution >= 0.6 is 0 Å². The second-order valence-corrected chi connectivity index (χ2v) is 5.01. The predicted molar refractivity (Wildman–Crippen MR) is 77.1 cm³/mol.